The highest BCUT2D eigenvalue weighted by molar-refractivity contribution is 5.90. The van der Waals surface area contributed by atoms with E-state index in [4.69, 9.17) is 18.9 Å². The smallest absolute Gasteiger partial charge is 0.333 e. The summed E-state index contributed by atoms with van der Waals surface area (Å²) in [5.74, 6) is -3.11. The van der Waals surface area contributed by atoms with Crippen LogP contribution in [-0.4, -0.2) is 86.9 Å². The van der Waals surface area contributed by atoms with Crippen LogP contribution in [0.1, 0.15) is 44.9 Å². The third kappa shape index (κ3) is 3.97. The fourth-order valence-electron chi connectivity index (χ4n) is 8.14. The number of hydrogen-bond acceptors (Lipinski definition) is 9. The molecule has 0 aromatic carbocycles. The van der Waals surface area contributed by atoms with E-state index in [-0.39, 0.29) is 18.4 Å². The molecule has 6 rings (SSSR count). The molecule has 1 aromatic heterocycles. The van der Waals surface area contributed by atoms with Crippen molar-refractivity contribution in [2.45, 2.75) is 80.7 Å². The lowest BCUT2D eigenvalue weighted by Gasteiger charge is -2.60. The van der Waals surface area contributed by atoms with Gasteiger partial charge in [-0.3, -0.25) is 4.79 Å². The summed E-state index contributed by atoms with van der Waals surface area (Å²) in [6.07, 6.45) is 5.12. The number of ether oxygens (including phenoxy) is 4. The van der Waals surface area contributed by atoms with Gasteiger partial charge in [0.25, 0.3) is 0 Å². The van der Waals surface area contributed by atoms with Crippen molar-refractivity contribution >= 4 is 23.8 Å². The van der Waals surface area contributed by atoms with Crippen LogP contribution in [0.2, 0.25) is 0 Å². The molecule has 3 heterocycles. The number of carboxylic acids is 1. The van der Waals surface area contributed by atoms with Gasteiger partial charge in [-0.05, 0) is 37.3 Å². The average molecular weight is 572 g/mol. The Morgan fingerprint density at radius 3 is 2.68 bits per heavy atom. The van der Waals surface area contributed by atoms with Crippen molar-refractivity contribution in [3.05, 3.63) is 47.1 Å². The van der Waals surface area contributed by atoms with E-state index < -0.39 is 71.6 Å². The molecule has 2 bridgehead atoms. The van der Waals surface area contributed by atoms with Crippen molar-refractivity contribution < 1.29 is 49.0 Å². The standard InChI is InChI=1S/C30H37NO10/c1-3-16-18(12-23(33)34)19(25(35)38-2)13-28(8-4-5-9-28)24(16)41-27-29(37)10-6-20-17-7-11-31-21(17)15-39-30(20,26(29)36)22(14-32)40-27/h3,7,11,13,15-16,18,22,24,26-27,31-32,36-37H,1,4-6,8-10,12,14H2,2H3,(H,33,34)/t16-,18+,22-,24+,26-,27+,29-,30-/m1/s1. The molecule has 1 saturated heterocycles. The lowest BCUT2D eigenvalue weighted by Crippen LogP contribution is -2.77. The van der Waals surface area contributed by atoms with Gasteiger partial charge in [0, 0.05) is 34.2 Å². The number of carbonyl (C=O) groups excluding carboxylic acids is 1. The SMILES string of the molecule is C=C[C@@H]1[C@H](CC(=O)O)C(C(=O)OC)=CC2(CCCC2)[C@H]1O[C@@H]1O[C@H](CO)[C@]23OC=c4[nH]ccc4=C2CC[C@@]1(O)[C@H]3O. The largest absolute Gasteiger partial charge is 0.483 e. The van der Waals surface area contributed by atoms with Crippen LogP contribution in [0.25, 0.3) is 11.8 Å². The Labute approximate surface area is 236 Å². The van der Waals surface area contributed by atoms with Crippen LogP contribution in [0, 0.1) is 17.3 Å². The highest BCUT2D eigenvalue weighted by atomic mass is 16.7. The van der Waals surface area contributed by atoms with E-state index in [1.165, 1.54) is 13.4 Å². The van der Waals surface area contributed by atoms with Gasteiger partial charge in [-0.2, -0.15) is 0 Å². The number of aliphatic hydroxyl groups is 3. The van der Waals surface area contributed by atoms with Crippen LogP contribution in [0.4, 0.5) is 0 Å². The zero-order valence-electron chi connectivity index (χ0n) is 23.0. The number of H-pyrrole nitrogens is 1. The Kier molecular flexibility index (Phi) is 6.94. The van der Waals surface area contributed by atoms with Gasteiger partial charge >= 0.3 is 11.9 Å². The third-order valence-electron chi connectivity index (χ3n) is 10.1. The molecular formula is C30H37NO10. The normalized spacial score (nSPS) is 38.6. The summed E-state index contributed by atoms with van der Waals surface area (Å²) in [5.41, 5.74) is -3.09. The molecule has 41 heavy (non-hydrogen) atoms. The van der Waals surface area contributed by atoms with Crippen molar-refractivity contribution in [2.75, 3.05) is 13.7 Å². The van der Waals surface area contributed by atoms with Crippen LogP contribution in [0.3, 0.4) is 0 Å². The second kappa shape index (κ2) is 10.1. The first-order valence-corrected chi connectivity index (χ1v) is 14.2. The van der Waals surface area contributed by atoms with Gasteiger partial charge in [-0.15, -0.1) is 6.58 Å². The number of esters is 1. The molecule has 8 atom stereocenters. The molecule has 0 unspecified atom stereocenters. The number of carboxylic acid groups (broad SMARTS) is 1. The minimum absolute atomic E-state index is 0.0995. The molecule has 2 aliphatic heterocycles. The second-order valence-electron chi connectivity index (χ2n) is 12.0. The van der Waals surface area contributed by atoms with E-state index in [1.54, 1.807) is 18.3 Å². The van der Waals surface area contributed by atoms with E-state index in [0.29, 0.717) is 19.3 Å². The molecule has 2 spiro atoms. The molecule has 3 fully saturated rings. The predicted molar refractivity (Wildman–Crippen MR) is 143 cm³/mol. The number of carbonyl (C=O) groups is 2. The van der Waals surface area contributed by atoms with Gasteiger partial charge in [0.15, 0.2) is 11.9 Å². The Morgan fingerprint density at radius 1 is 1.27 bits per heavy atom. The lowest BCUT2D eigenvalue weighted by molar-refractivity contribution is -0.377. The summed E-state index contributed by atoms with van der Waals surface area (Å²) in [6, 6.07) is 1.87. The van der Waals surface area contributed by atoms with Crippen molar-refractivity contribution in [2.24, 2.45) is 17.3 Å². The summed E-state index contributed by atoms with van der Waals surface area (Å²) in [6.45, 7) is 3.46. The fourth-order valence-corrected chi connectivity index (χ4v) is 8.14. The van der Waals surface area contributed by atoms with Gasteiger partial charge in [-0.25, -0.2) is 4.79 Å². The number of aliphatic hydroxyl groups excluding tert-OH is 2. The molecule has 11 heteroatoms. The first kappa shape index (κ1) is 28.2. The summed E-state index contributed by atoms with van der Waals surface area (Å²) in [5, 5.41) is 45.7. The predicted octanol–water partition coefficient (Wildman–Crippen LogP) is 0.227. The van der Waals surface area contributed by atoms with Crippen molar-refractivity contribution in [1.82, 2.24) is 4.98 Å². The topological polar surface area (TPSA) is 168 Å². The Balaban J connectivity index is 1.42. The molecule has 11 nitrogen and oxygen atoms in total. The van der Waals surface area contributed by atoms with Crippen molar-refractivity contribution in [3.8, 4) is 0 Å². The van der Waals surface area contributed by atoms with E-state index in [1.807, 2.05) is 6.07 Å². The maximum Gasteiger partial charge on any atom is 0.333 e. The Bertz CT molecular complexity index is 1390. The fraction of sp³-hybridized carbons (Fsp3) is 0.600. The van der Waals surface area contributed by atoms with Crippen molar-refractivity contribution in [3.63, 3.8) is 0 Å². The van der Waals surface area contributed by atoms with Crippen LogP contribution >= 0.6 is 0 Å². The number of aromatic nitrogens is 1. The highest BCUT2D eigenvalue weighted by Crippen LogP contribution is 2.57. The minimum atomic E-state index is -1.91. The number of nitrogens with one attached hydrogen (secondary N) is 1. The summed E-state index contributed by atoms with van der Waals surface area (Å²) in [7, 11) is 1.26. The Morgan fingerprint density at radius 2 is 2.02 bits per heavy atom. The van der Waals surface area contributed by atoms with E-state index in [9.17, 15) is 30.0 Å². The summed E-state index contributed by atoms with van der Waals surface area (Å²) < 4.78 is 24.1. The summed E-state index contributed by atoms with van der Waals surface area (Å²) >= 11 is 0. The number of methoxy groups -OCH3 is 1. The minimum Gasteiger partial charge on any atom is -0.483 e. The monoisotopic (exact) mass is 571 g/mol. The number of hydrogen-bond donors (Lipinski definition) is 5. The van der Waals surface area contributed by atoms with Crippen LogP contribution < -0.4 is 10.6 Å². The van der Waals surface area contributed by atoms with Crippen LogP contribution in [-0.2, 0) is 28.5 Å². The van der Waals surface area contributed by atoms with Gasteiger partial charge < -0.3 is 44.4 Å². The number of rotatable bonds is 7. The van der Waals surface area contributed by atoms with Crippen LogP contribution in [0.15, 0.2) is 36.6 Å². The quantitative estimate of drug-likeness (QED) is 0.226. The van der Waals surface area contributed by atoms with Gasteiger partial charge in [0.2, 0.25) is 0 Å². The molecule has 0 amide bonds. The highest BCUT2D eigenvalue weighted by Gasteiger charge is 2.70. The summed E-state index contributed by atoms with van der Waals surface area (Å²) in [4.78, 5) is 27.9. The first-order valence-electron chi connectivity index (χ1n) is 14.2. The van der Waals surface area contributed by atoms with Gasteiger partial charge in [-0.1, -0.05) is 25.0 Å². The second-order valence-corrected chi connectivity index (χ2v) is 12.0. The zero-order chi connectivity index (χ0) is 29.2. The molecule has 3 aliphatic carbocycles. The number of fused-ring (bicyclic) bond motifs is 2. The first-order chi connectivity index (χ1) is 19.6. The Hall–Kier alpha value is -2.96. The zero-order valence-corrected chi connectivity index (χ0v) is 23.0. The van der Waals surface area contributed by atoms with E-state index in [0.717, 1.165) is 29.0 Å². The average Bonchev–Trinajstić information content (AvgIpc) is 3.63. The van der Waals surface area contributed by atoms with E-state index >= 15 is 0 Å². The molecular weight excluding hydrogens is 534 g/mol. The van der Waals surface area contributed by atoms with Gasteiger partial charge in [0.1, 0.15) is 24.1 Å². The van der Waals surface area contributed by atoms with E-state index in [2.05, 4.69) is 11.6 Å². The molecule has 5 N–H and O–H groups in total. The lowest BCUT2D eigenvalue weighted by atomic mass is 9.62. The van der Waals surface area contributed by atoms with Crippen molar-refractivity contribution in [1.29, 1.82) is 0 Å². The molecule has 2 saturated carbocycles. The molecule has 0 radical (unpaired) electrons. The molecule has 1 aromatic rings. The maximum atomic E-state index is 12.9. The number of aromatic amines is 1. The number of aliphatic carboxylic acids is 1. The molecule has 5 aliphatic rings. The third-order valence-corrected chi connectivity index (χ3v) is 10.1. The van der Waals surface area contributed by atoms with Crippen LogP contribution in [0.5, 0.6) is 0 Å². The molecule has 222 valence electrons. The maximum absolute atomic E-state index is 12.9. The van der Waals surface area contributed by atoms with Gasteiger partial charge in [0.05, 0.1) is 31.6 Å².